The lowest BCUT2D eigenvalue weighted by molar-refractivity contribution is -0.386. The summed E-state index contributed by atoms with van der Waals surface area (Å²) in [6.07, 6.45) is 0. The Morgan fingerprint density at radius 3 is 2.86 bits per heavy atom. The van der Waals surface area contributed by atoms with Crippen LogP contribution in [0.2, 0.25) is 0 Å². The second-order valence-electron chi connectivity index (χ2n) is 4.54. The summed E-state index contributed by atoms with van der Waals surface area (Å²) in [7, 11) is 0. The van der Waals surface area contributed by atoms with Gasteiger partial charge < -0.3 is 9.26 Å². The van der Waals surface area contributed by atoms with Crippen molar-refractivity contribution in [3.8, 4) is 11.8 Å². The van der Waals surface area contributed by atoms with E-state index in [0.29, 0.717) is 5.82 Å². The number of hydrogen-bond donors (Lipinski definition) is 0. The lowest BCUT2D eigenvalue weighted by atomic mass is 10.2. The Labute approximate surface area is 120 Å². The van der Waals surface area contributed by atoms with Crippen molar-refractivity contribution in [1.82, 2.24) is 10.1 Å². The highest BCUT2D eigenvalue weighted by Crippen LogP contribution is 2.28. The maximum atomic E-state index is 11.0. The molecule has 21 heavy (non-hydrogen) atoms. The van der Waals surface area contributed by atoms with E-state index in [1.54, 1.807) is 0 Å². The molecule has 0 N–H and O–H groups in total. The van der Waals surface area contributed by atoms with E-state index in [1.165, 1.54) is 12.1 Å². The molecule has 0 atom stereocenters. The second kappa shape index (κ2) is 6.00. The Morgan fingerprint density at radius 1 is 1.52 bits per heavy atom. The maximum absolute atomic E-state index is 11.0. The van der Waals surface area contributed by atoms with E-state index < -0.39 is 4.92 Å². The molecule has 0 fully saturated rings. The molecular weight excluding hydrogens is 276 g/mol. The summed E-state index contributed by atoms with van der Waals surface area (Å²) < 4.78 is 10.3. The molecule has 0 saturated heterocycles. The van der Waals surface area contributed by atoms with Crippen molar-refractivity contribution in [3.63, 3.8) is 0 Å². The van der Waals surface area contributed by atoms with E-state index in [2.05, 4.69) is 10.1 Å². The first kappa shape index (κ1) is 14.5. The van der Waals surface area contributed by atoms with E-state index in [9.17, 15) is 10.1 Å². The van der Waals surface area contributed by atoms with Crippen molar-refractivity contribution >= 4 is 5.69 Å². The van der Waals surface area contributed by atoms with Crippen LogP contribution in [0, 0.1) is 21.4 Å². The van der Waals surface area contributed by atoms with Crippen molar-refractivity contribution in [2.75, 3.05) is 0 Å². The highest BCUT2D eigenvalue weighted by Gasteiger charge is 2.17. The van der Waals surface area contributed by atoms with E-state index in [4.69, 9.17) is 14.5 Å². The summed E-state index contributed by atoms with van der Waals surface area (Å²) >= 11 is 0. The molecule has 1 aromatic heterocycles. The Balaban J connectivity index is 2.15. The molecule has 0 saturated carbocycles. The third kappa shape index (κ3) is 3.33. The zero-order valence-corrected chi connectivity index (χ0v) is 11.4. The minimum atomic E-state index is -0.608. The minimum Gasteiger partial charge on any atom is -0.477 e. The first-order chi connectivity index (χ1) is 10.0. The van der Waals surface area contributed by atoms with Gasteiger partial charge in [0.25, 0.3) is 5.89 Å². The zero-order chi connectivity index (χ0) is 15.4. The van der Waals surface area contributed by atoms with Crippen LogP contribution in [0.5, 0.6) is 5.75 Å². The summed E-state index contributed by atoms with van der Waals surface area (Å²) in [5.41, 5.74) is -0.0911. The van der Waals surface area contributed by atoms with Crippen LogP contribution < -0.4 is 4.74 Å². The molecule has 0 aliphatic rings. The van der Waals surface area contributed by atoms with Crippen LogP contribution in [-0.4, -0.2) is 15.1 Å². The van der Waals surface area contributed by atoms with Gasteiger partial charge >= 0.3 is 5.69 Å². The number of nitro benzene ring substituents is 1. The highest BCUT2D eigenvalue weighted by molar-refractivity contribution is 5.51. The SMILES string of the molecule is CC(C)c1noc(COc2ccc(C#N)cc2[N+](=O)[O-])n1. The molecule has 0 aliphatic carbocycles. The largest absolute Gasteiger partial charge is 0.477 e. The van der Waals surface area contributed by atoms with Gasteiger partial charge in [0.2, 0.25) is 0 Å². The molecule has 0 aliphatic heterocycles. The Bertz CT molecular complexity index is 702. The molecule has 8 heteroatoms. The molecule has 0 unspecified atom stereocenters. The Kier molecular flexibility index (Phi) is 4.13. The average Bonchev–Trinajstić information content (AvgIpc) is 2.94. The molecular formula is C13H12N4O4. The standard InChI is InChI=1S/C13H12N4O4/c1-8(2)13-15-12(21-16-13)7-20-11-4-3-9(6-14)5-10(11)17(18)19/h3-5,8H,7H2,1-2H3. The predicted molar refractivity (Wildman–Crippen MR) is 70.5 cm³/mol. The topological polar surface area (TPSA) is 115 Å². The van der Waals surface area contributed by atoms with Gasteiger partial charge in [-0.2, -0.15) is 10.2 Å². The molecule has 1 aromatic carbocycles. The van der Waals surface area contributed by atoms with Crippen molar-refractivity contribution in [2.45, 2.75) is 26.4 Å². The Morgan fingerprint density at radius 2 is 2.29 bits per heavy atom. The van der Waals surface area contributed by atoms with E-state index >= 15 is 0 Å². The molecule has 108 valence electrons. The summed E-state index contributed by atoms with van der Waals surface area (Å²) in [5, 5.41) is 23.5. The van der Waals surface area contributed by atoms with Gasteiger partial charge in [-0.25, -0.2) is 0 Å². The summed E-state index contributed by atoms with van der Waals surface area (Å²) in [6, 6.07) is 5.81. The number of rotatable bonds is 5. The van der Waals surface area contributed by atoms with Crippen LogP contribution in [0.15, 0.2) is 22.7 Å². The fraction of sp³-hybridized carbons (Fsp3) is 0.308. The number of nitro groups is 1. The minimum absolute atomic E-state index is 0.0447. The van der Waals surface area contributed by atoms with E-state index in [0.717, 1.165) is 6.07 Å². The fourth-order valence-corrected chi connectivity index (χ4v) is 1.55. The van der Waals surface area contributed by atoms with Crippen LogP contribution >= 0.6 is 0 Å². The number of hydrogen-bond acceptors (Lipinski definition) is 7. The number of aromatic nitrogens is 2. The molecule has 1 heterocycles. The maximum Gasteiger partial charge on any atom is 0.312 e. The van der Waals surface area contributed by atoms with Gasteiger partial charge in [-0.15, -0.1) is 0 Å². The smallest absolute Gasteiger partial charge is 0.312 e. The quantitative estimate of drug-likeness (QED) is 0.613. The van der Waals surface area contributed by atoms with Crippen molar-refractivity contribution < 1.29 is 14.2 Å². The van der Waals surface area contributed by atoms with Crippen LogP contribution in [0.25, 0.3) is 0 Å². The van der Waals surface area contributed by atoms with E-state index in [-0.39, 0.29) is 35.4 Å². The van der Waals surface area contributed by atoms with E-state index in [1.807, 2.05) is 19.9 Å². The van der Waals surface area contributed by atoms with Crippen LogP contribution in [0.1, 0.15) is 37.0 Å². The fourth-order valence-electron chi connectivity index (χ4n) is 1.55. The monoisotopic (exact) mass is 288 g/mol. The molecule has 2 aromatic rings. The molecule has 2 rings (SSSR count). The Hall–Kier alpha value is -2.95. The second-order valence-corrected chi connectivity index (χ2v) is 4.54. The molecule has 0 bridgehead atoms. The van der Waals surface area contributed by atoms with Crippen molar-refractivity contribution in [1.29, 1.82) is 5.26 Å². The number of nitriles is 1. The summed E-state index contributed by atoms with van der Waals surface area (Å²) in [6.45, 7) is 3.76. The first-order valence-corrected chi connectivity index (χ1v) is 6.15. The highest BCUT2D eigenvalue weighted by atomic mass is 16.6. The van der Waals surface area contributed by atoms with Gasteiger partial charge in [0.05, 0.1) is 16.6 Å². The number of ether oxygens (including phenoxy) is 1. The van der Waals surface area contributed by atoms with Crippen LogP contribution in [0.4, 0.5) is 5.69 Å². The van der Waals surface area contributed by atoms with Crippen LogP contribution in [0.3, 0.4) is 0 Å². The first-order valence-electron chi connectivity index (χ1n) is 6.15. The van der Waals surface area contributed by atoms with Crippen molar-refractivity contribution in [3.05, 3.63) is 45.6 Å². The molecule has 0 amide bonds. The molecule has 8 nitrogen and oxygen atoms in total. The summed E-state index contributed by atoms with van der Waals surface area (Å²) in [4.78, 5) is 14.5. The van der Waals surface area contributed by atoms with Gasteiger partial charge in [0.1, 0.15) is 0 Å². The average molecular weight is 288 g/mol. The van der Waals surface area contributed by atoms with Gasteiger partial charge in [-0.05, 0) is 12.1 Å². The third-order valence-corrected chi connectivity index (χ3v) is 2.64. The molecule has 0 spiro atoms. The van der Waals surface area contributed by atoms with Gasteiger partial charge in [0.15, 0.2) is 18.2 Å². The van der Waals surface area contributed by atoms with Crippen molar-refractivity contribution in [2.24, 2.45) is 0 Å². The lowest BCUT2D eigenvalue weighted by Crippen LogP contribution is -2.00. The summed E-state index contributed by atoms with van der Waals surface area (Å²) in [5.74, 6) is 0.940. The number of benzene rings is 1. The van der Waals surface area contributed by atoms with Gasteiger partial charge in [-0.1, -0.05) is 19.0 Å². The predicted octanol–water partition coefficient (Wildman–Crippen LogP) is 2.55. The van der Waals surface area contributed by atoms with Gasteiger partial charge in [-0.3, -0.25) is 10.1 Å². The normalized spacial score (nSPS) is 10.4. The molecule has 0 radical (unpaired) electrons. The third-order valence-electron chi connectivity index (χ3n) is 2.64. The lowest BCUT2D eigenvalue weighted by Gasteiger charge is -2.04. The number of nitrogens with zero attached hydrogens (tertiary/aromatic N) is 4. The van der Waals surface area contributed by atoms with Crippen LogP contribution in [-0.2, 0) is 6.61 Å². The zero-order valence-electron chi connectivity index (χ0n) is 11.4. The van der Waals surface area contributed by atoms with Gasteiger partial charge in [0, 0.05) is 12.0 Å².